The van der Waals surface area contributed by atoms with Crippen LogP contribution in [-0.4, -0.2) is 37.0 Å². The molecule has 1 aliphatic rings. The lowest BCUT2D eigenvalue weighted by Crippen LogP contribution is -2.41. The van der Waals surface area contributed by atoms with Gasteiger partial charge in [0.05, 0.1) is 6.10 Å². The molecule has 38 heavy (non-hydrogen) atoms. The molecule has 1 fully saturated rings. The highest BCUT2D eigenvalue weighted by Gasteiger charge is 2.17. The lowest BCUT2D eigenvalue weighted by Gasteiger charge is -2.19. The van der Waals surface area contributed by atoms with E-state index in [9.17, 15) is 14.4 Å². The van der Waals surface area contributed by atoms with Gasteiger partial charge in [-0.3, -0.25) is 25.2 Å². The van der Waals surface area contributed by atoms with Gasteiger partial charge in [-0.05, 0) is 84.5 Å². The van der Waals surface area contributed by atoms with E-state index in [1.54, 1.807) is 60.7 Å². The number of anilines is 1. The fourth-order valence-corrected chi connectivity index (χ4v) is 3.96. The highest BCUT2D eigenvalue weighted by molar-refractivity contribution is 6.04. The molecule has 0 radical (unpaired) electrons. The van der Waals surface area contributed by atoms with E-state index in [4.69, 9.17) is 9.47 Å². The first-order valence-electron chi connectivity index (χ1n) is 12.7. The molecular weight excluding hydrogens is 482 g/mol. The molecule has 8 heteroatoms. The minimum atomic E-state index is -0.481. The average Bonchev–Trinajstić information content (AvgIpc) is 3.44. The molecule has 3 N–H and O–H groups in total. The van der Waals surface area contributed by atoms with Crippen LogP contribution in [0, 0.1) is 0 Å². The molecule has 0 aliphatic carbocycles. The number of ether oxygens (including phenoxy) is 2. The normalized spacial score (nSPS) is 15.0. The van der Waals surface area contributed by atoms with Crippen molar-refractivity contribution < 1.29 is 23.9 Å². The lowest BCUT2D eigenvalue weighted by molar-refractivity contribution is 0.0679. The Morgan fingerprint density at radius 1 is 0.789 bits per heavy atom. The molecule has 1 unspecified atom stereocenters. The number of carbonyl (C=O) groups excluding carboxylic acids is 3. The van der Waals surface area contributed by atoms with Crippen molar-refractivity contribution in [3.8, 4) is 5.75 Å². The number of benzene rings is 3. The summed E-state index contributed by atoms with van der Waals surface area (Å²) >= 11 is 0. The molecule has 0 spiro atoms. The first kappa shape index (κ1) is 26.9. The van der Waals surface area contributed by atoms with E-state index in [0.29, 0.717) is 34.7 Å². The number of hydrogen-bond acceptors (Lipinski definition) is 5. The zero-order valence-electron chi connectivity index (χ0n) is 21.9. The zero-order chi connectivity index (χ0) is 27.1. The molecule has 1 saturated heterocycles. The van der Waals surface area contributed by atoms with Crippen molar-refractivity contribution in [3.05, 3.63) is 95.1 Å². The SMILES string of the molecule is CC(C)(C)c1ccc(C(=O)Nc2ccc(C(=O)NNC(=O)c3ccc(OCC4CCCO4)cc3)cc2)cc1. The highest BCUT2D eigenvalue weighted by atomic mass is 16.5. The van der Waals surface area contributed by atoms with Crippen molar-refractivity contribution in [2.75, 3.05) is 18.5 Å². The van der Waals surface area contributed by atoms with Crippen LogP contribution < -0.4 is 20.9 Å². The molecule has 3 amide bonds. The molecule has 1 atom stereocenters. The second-order valence-corrected chi connectivity index (χ2v) is 10.2. The van der Waals surface area contributed by atoms with E-state index >= 15 is 0 Å². The fraction of sp³-hybridized carbons (Fsp3) is 0.300. The zero-order valence-corrected chi connectivity index (χ0v) is 21.9. The predicted molar refractivity (Wildman–Crippen MR) is 145 cm³/mol. The summed E-state index contributed by atoms with van der Waals surface area (Å²) in [5.74, 6) is -0.524. The minimum Gasteiger partial charge on any atom is -0.491 e. The summed E-state index contributed by atoms with van der Waals surface area (Å²) < 4.78 is 11.2. The smallest absolute Gasteiger partial charge is 0.269 e. The summed E-state index contributed by atoms with van der Waals surface area (Å²) in [6, 6.07) is 20.6. The summed E-state index contributed by atoms with van der Waals surface area (Å²) in [5.41, 5.74) is 7.77. The van der Waals surface area contributed by atoms with E-state index in [-0.39, 0.29) is 17.4 Å². The maximum atomic E-state index is 12.6. The van der Waals surface area contributed by atoms with E-state index < -0.39 is 11.8 Å². The van der Waals surface area contributed by atoms with Gasteiger partial charge in [0.25, 0.3) is 17.7 Å². The molecule has 8 nitrogen and oxygen atoms in total. The number of rotatable bonds is 7. The van der Waals surface area contributed by atoms with Crippen molar-refractivity contribution in [3.63, 3.8) is 0 Å². The molecule has 0 aromatic heterocycles. The van der Waals surface area contributed by atoms with E-state index in [1.807, 2.05) is 12.1 Å². The van der Waals surface area contributed by atoms with Crippen LogP contribution in [-0.2, 0) is 10.2 Å². The van der Waals surface area contributed by atoms with Gasteiger partial charge in [-0.2, -0.15) is 0 Å². The molecular formula is C30H33N3O5. The van der Waals surface area contributed by atoms with Crippen LogP contribution in [0.25, 0.3) is 0 Å². The predicted octanol–water partition coefficient (Wildman–Crippen LogP) is 4.87. The average molecular weight is 516 g/mol. The largest absolute Gasteiger partial charge is 0.491 e. The van der Waals surface area contributed by atoms with Gasteiger partial charge in [-0.25, -0.2) is 0 Å². The maximum Gasteiger partial charge on any atom is 0.269 e. The molecule has 0 saturated carbocycles. The van der Waals surface area contributed by atoms with Crippen LogP contribution in [0.15, 0.2) is 72.8 Å². The second kappa shape index (κ2) is 11.9. The van der Waals surface area contributed by atoms with Crippen LogP contribution in [0.2, 0.25) is 0 Å². The second-order valence-electron chi connectivity index (χ2n) is 10.2. The van der Waals surface area contributed by atoms with Gasteiger partial charge in [0.15, 0.2) is 0 Å². The minimum absolute atomic E-state index is 0.00878. The van der Waals surface area contributed by atoms with Crippen LogP contribution in [0.5, 0.6) is 5.75 Å². The Hall–Kier alpha value is -4.17. The molecule has 4 rings (SSSR count). The van der Waals surface area contributed by atoms with Crippen LogP contribution in [0.4, 0.5) is 5.69 Å². The van der Waals surface area contributed by atoms with E-state index in [2.05, 4.69) is 36.9 Å². The Labute approximate surface area is 222 Å². The Kier molecular flexibility index (Phi) is 8.43. The van der Waals surface area contributed by atoms with Crippen molar-refractivity contribution >= 4 is 23.4 Å². The number of carbonyl (C=O) groups is 3. The Morgan fingerprint density at radius 3 is 1.84 bits per heavy atom. The van der Waals surface area contributed by atoms with Gasteiger partial charge in [0.2, 0.25) is 0 Å². The number of hydrogen-bond donors (Lipinski definition) is 3. The van der Waals surface area contributed by atoms with E-state index in [1.165, 1.54) is 0 Å². The van der Waals surface area contributed by atoms with Crippen LogP contribution >= 0.6 is 0 Å². The first-order valence-corrected chi connectivity index (χ1v) is 12.7. The highest BCUT2D eigenvalue weighted by Crippen LogP contribution is 2.22. The van der Waals surface area contributed by atoms with Crippen molar-refractivity contribution in [1.82, 2.24) is 10.9 Å². The summed E-state index contributed by atoms with van der Waals surface area (Å²) in [6.07, 6.45) is 2.15. The monoisotopic (exact) mass is 515 g/mol. The standard InChI is InChI=1S/C30H33N3O5/c1-30(2,3)23-12-6-20(7-13-23)27(34)31-24-14-8-21(9-15-24)28(35)32-33-29(36)22-10-16-25(17-11-22)38-19-26-5-4-18-37-26/h6-17,26H,4-5,18-19H2,1-3H3,(H,31,34)(H,32,35)(H,33,36). The number of amides is 3. The third-order valence-corrected chi connectivity index (χ3v) is 6.28. The van der Waals surface area contributed by atoms with Crippen LogP contribution in [0.1, 0.15) is 70.3 Å². The topological polar surface area (TPSA) is 106 Å². The van der Waals surface area contributed by atoms with Gasteiger partial charge >= 0.3 is 0 Å². The third kappa shape index (κ3) is 7.20. The molecule has 3 aromatic carbocycles. The van der Waals surface area contributed by atoms with Crippen molar-refractivity contribution in [1.29, 1.82) is 0 Å². The van der Waals surface area contributed by atoms with Gasteiger partial charge in [-0.15, -0.1) is 0 Å². The first-order chi connectivity index (χ1) is 18.2. The number of hydrazine groups is 1. The van der Waals surface area contributed by atoms with Crippen molar-refractivity contribution in [2.24, 2.45) is 0 Å². The van der Waals surface area contributed by atoms with Gasteiger partial charge in [0, 0.05) is 29.0 Å². The summed E-state index contributed by atoms with van der Waals surface area (Å²) in [7, 11) is 0. The quantitative estimate of drug-likeness (QED) is 0.390. The molecule has 198 valence electrons. The van der Waals surface area contributed by atoms with E-state index in [0.717, 1.165) is 25.0 Å². The van der Waals surface area contributed by atoms with Gasteiger partial charge < -0.3 is 14.8 Å². The maximum absolute atomic E-state index is 12.6. The molecule has 1 aliphatic heterocycles. The summed E-state index contributed by atoms with van der Waals surface area (Å²) in [6.45, 7) is 7.60. The molecule has 1 heterocycles. The molecule has 3 aromatic rings. The lowest BCUT2D eigenvalue weighted by atomic mass is 9.87. The van der Waals surface area contributed by atoms with Crippen LogP contribution in [0.3, 0.4) is 0 Å². The molecule has 0 bridgehead atoms. The van der Waals surface area contributed by atoms with Gasteiger partial charge in [-0.1, -0.05) is 32.9 Å². The Bertz CT molecular complexity index is 1260. The van der Waals surface area contributed by atoms with Gasteiger partial charge in [0.1, 0.15) is 12.4 Å². The Balaban J connectivity index is 1.24. The third-order valence-electron chi connectivity index (χ3n) is 6.28. The number of nitrogens with one attached hydrogen (secondary N) is 3. The Morgan fingerprint density at radius 2 is 1.32 bits per heavy atom. The fourth-order valence-electron chi connectivity index (χ4n) is 3.96. The summed E-state index contributed by atoms with van der Waals surface area (Å²) in [5, 5.41) is 2.83. The van der Waals surface area contributed by atoms with Crippen molar-refractivity contribution in [2.45, 2.75) is 45.1 Å². The summed E-state index contributed by atoms with van der Waals surface area (Å²) in [4.78, 5) is 37.5.